The van der Waals surface area contributed by atoms with Gasteiger partial charge in [-0.3, -0.25) is 0 Å². The zero-order valence-electron chi connectivity index (χ0n) is 8.29. The van der Waals surface area contributed by atoms with Crippen LogP contribution in [0.2, 0.25) is 0 Å². The average Bonchev–Trinajstić information content (AvgIpc) is 2.61. The zero-order valence-corrected chi connectivity index (χ0v) is 8.29. The fourth-order valence-corrected chi connectivity index (χ4v) is 2.70. The maximum Gasteiger partial charge on any atom is 0.0174 e. The van der Waals surface area contributed by atoms with Crippen molar-refractivity contribution in [2.75, 3.05) is 26.2 Å². The summed E-state index contributed by atoms with van der Waals surface area (Å²) in [7, 11) is 0. The summed E-state index contributed by atoms with van der Waals surface area (Å²) in [5.74, 6) is 1.34. The first kappa shape index (κ1) is 8.45. The van der Waals surface area contributed by atoms with Crippen molar-refractivity contribution in [3.05, 3.63) is 35.5 Å². The van der Waals surface area contributed by atoms with E-state index in [-0.39, 0.29) is 0 Å². The van der Waals surface area contributed by atoms with Gasteiger partial charge in [0.15, 0.2) is 0 Å². The Kier molecular flexibility index (Phi) is 2.03. The second-order valence-electron chi connectivity index (χ2n) is 4.32. The standard InChI is InChI=1S/C12H16N2/c1-2-4-11-9(3-1)5-13-6-10-7-14-8-12(10)11/h1-4,9-10,13-14H,5-8H2. The van der Waals surface area contributed by atoms with Crippen molar-refractivity contribution >= 4 is 0 Å². The first-order valence-electron chi connectivity index (χ1n) is 5.44. The Bertz CT molecular complexity index is 325. The van der Waals surface area contributed by atoms with E-state index in [1.807, 2.05) is 0 Å². The molecule has 0 aromatic heterocycles. The van der Waals surface area contributed by atoms with Crippen molar-refractivity contribution in [3.63, 3.8) is 0 Å². The number of nitrogens with one attached hydrogen (secondary N) is 2. The highest BCUT2D eigenvalue weighted by Crippen LogP contribution is 2.30. The van der Waals surface area contributed by atoms with Crippen LogP contribution in [0.15, 0.2) is 35.5 Å². The van der Waals surface area contributed by atoms with Crippen LogP contribution in [0, 0.1) is 11.8 Å². The minimum atomic E-state index is 0.611. The van der Waals surface area contributed by atoms with Crippen LogP contribution in [0.3, 0.4) is 0 Å². The van der Waals surface area contributed by atoms with E-state index in [1.54, 1.807) is 11.1 Å². The van der Waals surface area contributed by atoms with Crippen LogP contribution < -0.4 is 10.6 Å². The Morgan fingerprint density at radius 1 is 1.07 bits per heavy atom. The van der Waals surface area contributed by atoms with Crippen molar-refractivity contribution in [2.24, 2.45) is 11.8 Å². The van der Waals surface area contributed by atoms with Gasteiger partial charge < -0.3 is 10.6 Å². The molecule has 0 radical (unpaired) electrons. The van der Waals surface area contributed by atoms with Gasteiger partial charge in [0.25, 0.3) is 0 Å². The molecule has 1 aliphatic carbocycles. The predicted molar refractivity (Wildman–Crippen MR) is 58.0 cm³/mol. The predicted octanol–water partition coefficient (Wildman–Crippen LogP) is 0.848. The van der Waals surface area contributed by atoms with Crippen LogP contribution in [0.4, 0.5) is 0 Å². The molecule has 3 rings (SSSR count). The van der Waals surface area contributed by atoms with E-state index in [1.165, 1.54) is 0 Å². The Labute approximate surface area is 84.8 Å². The second kappa shape index (κ2) is 3.37. The van der Waals surface area contributed by atoms with E-state index in [2.05, 4.69) is 34.9 Å². The van der Waals surface area contributed by atoms with Gasteiger partial charge in [-0.25, -0.2) is 0 Å². The lowest BCUT2D eigenvalue weighted by atomic mass is 9.88. The molecule has 1 saturated heterocycles. The van der Waals surface area contributed by atoms with Crippen molar-refractivity contribution < 1.29 is 0 Å². The highest BCUT2D eigenvalue weighted by molar-refractivity contribution is 5.40. The third kappa shape index (κ3) is 1.26. The van der Waals surface area contributed by atoms with E-state index in [0.29, 0.717) is 5.92 Å². The van der Waals surface area contributed by atoms with E-state index in [4.69, 9.17) is 0 Å². The lowest BCUT2D eigenvalue weighted by molar-refractivity contribution is 0.561. The first-order valence-corrected chi connectivity index (χ1v) is 5.44. The minimum Gasteiger partial charge on any atom is -0.315 e. The van der Waals surface area contributed by atoms with Gasteiger partial charge >= 0.3 is 0 Å². The first-order chi connectivity index (χ1) is 6.95. The summed E-state index contributed by atoms with van der Waals surface area (Å²) < 4.78 is 0. The molecule has 14 heavy (non-hydrogen) atoms. The highest BCUT2D eigenvalue weighted by atomic mass is 15.0. The van der Waals surface area contributed by atoms with Crippen LogP contribution in [-0.4, -0.2) is 26.2 Å². The molecule has 0 saturated carbocycles. The molecule has 0 aromatic carbocycles. The van der Waals surface area contributed by atoms with Crippen LogP contribution in [0.1, 0.15) is 0 Å². The van der Waals surface area contributed by atoms with E-state index in [9.17, 15) is 0 Å². The summed E-state index contributed by atoms with van der Waals surface area (Å²) in [6, 6.07) is 0. The lowest BCUT2D eigenvalue weighted by Gasteiger charge is -2.17. The third-order valence-electron chi connectivity index (χ3n) is 3.45. The molecule has 1 fully saturated rings. The molecular weight excluding hydrogens is 172 g/mol. The maximum atomic E-state index is 3.55. The number of allylic oxidation sites excluding steroid dienone is 3. The van der Waals surface area contributed by atoms with Gasteiger partial charge in [0, 0.05) is 38.0 Å². The van der Waals surface area contributed by atoms with Crippen LogP contribution in [0.25, 0.3) is 0 Å². The molecule has 2 heterocycles. The van der Waals surface area contributed by atoms with Crippen molar-refractivity contribution in [3.8, 4) is 0 Å². The fourth-order valence-electron chi connectivity index (χ4n) is 2.70. The van der Waals surface area contributed by atoms with E-state index in [0.717, 1.165) is 32.1 Å². The minimum absolute atomic E-state index is 0.611. The molecule has 0 aromatic rings. The van der Waals surface area contributed by atoms with Gasteiger partial charge in [-0.1, -0.05) is 24.3 Å². The summed E-state index contributed by atoms with van der Waals surface area (Å²) in [6.07, 6.45) is 8.95. The normalized spacial score (nSPS) is 35.4. The van der Waals surface area contributed by atoms with Crippen LogP contribution >= 0.6 is 0 Å². The number of fused-ring (bicyclic) bond motifs is 2. The topological polar surface area (TPSA) is 24.1 Å². The molecule has 0 bridgehead atoms. The molecular formula is C12H16N2. The Hall–Kier alpha value is -0.860. The van der Waals surface area contributed by atoms with Crippen molar-refractivity contribution in [1.29, 1.82) is 0 Å². The molecule has 2 N–H and O–H groups in total. The van der Waals surface area contributed by atoms with E-state index < -0.39 is 0 Å². The summed E-state index contributed by atoms with van der Waals surface area (Å²) in [5, 5.41) is 7.02. The van der Waals surface area contributed by atoms with Gasteiger partial charge in [0.05, 0.1) is 0 Å². The number of hydrogen-bond donors (Lipinski definition) is 2. The Morgan fingerprint density at radius 2 is 2.00 bits per heavy atom. The third-order valence-corrected chi connectivity index (χ3v) is 3.45. The summed E-state index contributed by atoms with van der Waals surface area (Å²) >= 11 is 0. The zero-order chi connectivity index (χ0) is 9.38. The largest absolute Gasteiger partial charge is 0.315 e. The van der Waals surface area contributed by atoms with Crippen LogP contribution in [-0.2, 0) is 0 Å². The van der Waals surface area contributed by atoms with Gasteiger partial charge in [-0.05, 0) is 11.1 Å². The average molecular weight is 188 g/mol. The van der Waals surface area contributed by atoms with Gasteiger partial charge in [-0.15, -0.1) is 0 Å². The van der Waals surface area contributed by atoms with Crippen molar-refractivity contribution in [1.82, 2.24) is 10.6 Å². The molecule has 74 valence electrons. The fraction of sp³-hybridized carbons (Fsp3) is 0.500. The van der Waals surface area contributed by atoms with Gasteiger partial charge in [0.1, 0.15) is 0 Å². The molecule has 3 aliphatic rings. The van der Waals surface area contributed by atoms with Gasteiger partial charge in [0.2, 0.25) is 0 Å². The molecule has 2 unspecified atom stereocenters. The SMILES string of the molecule is C1=CC2=C3CNCC3CNCC2C=C1. The second-order valence-corrected chi connectivity index (χ2v) is 4.32. The quantitative estimate of drug-likeness (QED) is 0.589. The summed E-state index contributed by atoms with van der Waals surface area (Å²) in [6.45, 7) is 4.49. The molecule has 0 spiro atoms. The van der Waals surface area contributed by atoms with E-state index >= 15 is 0 Å². The Morgan fingerprint density at radius 3 is 3.00 bits per heavy atom. The monoisotopic (exact) mass is 188 g/mol. The number of rotatable bonds is 0. The molecule has 2 atom stereocenters. The van der Waals surface area contributed by atoms with Crippen LogP contribution in [0.5, 0.6) is 0 Å². The molecule has 2 heteroatoms. The summed E-state index contributed by atoms with van der Waals surface area (Å²) in [5.41, 5.74) is 3.20. The summed E-state index contributed by atoms with van der Waals surface area (Å²) in [4.78, 5) is 0. The molecule has 0 amide bonds. The lowest BCUT2D eigenvalue weighted by Crippen LogP contribution is -2.26. The molecule has 2 aliphatic heterocycles. The maximum absolute atomic E-state index is 3.55. The highest BCUT2D eigenvalue weighted by Gasteiger charge is 2.28. The van der Waals surface area contributed by atoms with Gasteiger partial charge in [-0.2, -0.15) is 0 Å². The smallest absolute Gasteiger partial charge is 0.0174 e. The Balaban J connectivity index is 2.03. The molecule has 2 nitrogen and oxygen atoms in total. The number of hydrogen-bond acceptors (Lipinski definition) is 2. The van der Waals surface area contributed by atoms with Crippen molar-refractivity contribution in [2.45, 2.75) is 0 Å².